The molecule has 0 saturated heterocycles. The number of halogens is 10. The maximum atomic E-state index is 13.7. The largest absolute Gasteiger partial charge is 0.494 e. The Bertz CT molecular complexity index is 1590. The van der Waals surface area contributed by atoms with Gasteiger partial charge in [0.15, 0.2) is 0 Å². The highest BCUT2D eigenvalue weighted by molar-refractivity contribution is 9.10. The minimum atomic E-state index is -6.95. The highest BCUT2D eigenvalue weighted by Gasteiger charge is 2.81. The third-order valence-corrected chi connectivity index (χ3v) is 8.38. The molecular formula is C33H35BrF9NO5. The Kier molecular flexibility index (Phi) is 13.9. The van der Waals surface area contributed by atoms with Crippen LogP contribution in [0.4, 0.5) is 39.5 Å². The highest BCUT2D eigenvalue weighted by atomic mass is 79.9. The molecule has 0 N–H and O–H groups in total. The fraction of sp³-hybridized carbons (Fsp3) is 0.515. The zero-order chi connectivity index (χ0) is 36.5. The third kappa shape index (κ3) is 9.85. The van der Waals surface area contributed by atoms with Crippen molar-refractivity contribution in [3.63, 3.8) is 0 Å². The number of nitrogens with zero attached hydrogens (tertiary/aromatic N) is 1. The number of rotatable bonds is 19. The molecule has 2 aromatic carbocycles. The van der Waals surface area contributed by atoms with E-state index < -0.39 is 54.9 Å². The molecule has 0 saturated carbocycles. The van der Waals surface area contributed by atoms with Crippen molar-refractivity contribution in [2.24, 2.45) is 0 Å². The van der Waals surface area contributed by atoms with Gasteiger partial charge in [0.2, 0.25) is 0 Å². The number of fused-ring (bicyclic) bond motifs is 1. The Morgan fingerprint density at radius 3 is 1.92 bits per heavy atom. The number of pyridine rings is 1. The normalized spacial score (nSPS) is 12.7. The smallest absolute Gasteiger partial charge is 0.460 e. The van der Waals surface area contributed by atoms with E-state index in [-0.39, 0.29) is 16.8 Å². The van der Waals surface area contributed by atoms with E-state index in [0.717, 1.165) is 24.0 Å². The third-order valence-electron chi connectivity index (χ3n) is 7.57. The van der Waals surface area contributed by atoms with E-state index in [1.165, 1.54) is 62.4 Å². The van der Waals surface area contributed by atoms with Gasteiger partial charge in [0.25, 0.3) is 5.56 Å². The van der Waals surface area contributed by atoms with Crippen LogP contribution in [0.15, 0.2) is 57.8 Å². The molecule has 0 bridgehead atoms. The number of hydrogen-bond acceptors (Lipinski definition) is 5. The lowest BCUT2D eigenvalue weighted by Crippen LogP contribution is -2.60. The predicted molar refractivity (Wildman–Crippen MR) is 167 cm³/mol. The minimum absolute atomic E-state index is 0.0713. The maximum Gasteiger partial charge on any atom is 0.460 e. The van der Waals surface area contributed by atoms with Gasteiger partial charge in [-0.2, -0.15) is 39.5 Å². The molecule has 0 fully saturated rings. The van der Waals surface area contributed by atoms with Gasteiger partial charge in [0.05, 0.1) is 28.8 Å². The second-order valence-corrected chi connectivity index (χ2v) is 12.1. The van der Waals surface area contributed by atoms with E-state index in [9.17, 15) is 49.1 Å². The second-order valence-electron chi connectivity index (χ2n) is 11.3. The van der Waals surface area contributed by atoms with Crippen molar-refractivity contribution >= 4 is 32.8 Å². The van der Waals surface area contributed by atoms with E-state index in [2.05, 4.69) is 22.9 Å². The molecule has 1 aromatic heterocycles. The van der Waals surface area contributed by atoms with Crippen LogP contribution in [0, 0.1) is 0 Å². The summed E-state index contributed by atoms with van der Waals surface area (Å²) >= 11 is 3.49. The first-order chi connectivity index (χ1) is 22.9. The number of aromatic nitrogens is 1. The average Bonchev–Trinajstić information content (AvgIpc) is 3.04. The van der Waals surface area contributed by atoms with E-state index in [1.807, 2.05) is 0 Å². The Balaban J connectivity index is 1.56. The molecule has 0 radical (unpaired) electrons. The van der Waals surface area contributed by atoms with Gasteiger partial charge in [0, 0.05) is 17.9 Å². The molecule has 1 heterocycles. The van der Waals surface area contributed by atoms with Crippen LogP contribution < -0.4 is 19.9 Å². The molecule has 16 heteroatoms. The molecule has 3 rings (SSSR count). The lowest BCUT2D eigenvalue weighted by atomic mass is 10.00. The summed E-state index contributed by atoms with van der Waals surface area (Å²) in [6, 6.07) is 10.6. The monoisotopic (exact) mass is 775 g/mol. The van der Waals surface area contributed by atoms with Gasteiger partial charge >= 0.3 is 29.9 Å². The summed E-state index contributed by atoms with van der Waals surface area (Å²) in [4.78, 5) is 30.8. The van der Waals surface area contributed by atoms with Crippen LogP contribution in [-0.2, 0) is 0 Å². The van der Waals surface area contributed by atoms with Gasteiger partial charge in [-0.1, -0.05) is 51.9 Å². The van der Waals surface area contributed by atoms with E-state index in [4.69, 9.17) is 14.3 Å². The van der Waals surface area contributed by atoms with Crippen LogP contribution in [0.3, 0.4) is 0 Å². The van der Waals surface area contributed by atoms with Gasteiger partial charge in [-0.15, -0.1) is 4.73 Å². The fourth-order valence-corrected chi connectivity index (χ4v) is 5.32. The Morgan fingerprint density at radius 2 is 1.31 bits per heavy atom. The molecular weight excluding hydrogens is 741 g/mol. The lowest BCUT2D eigenvalue weighted by molar-refractivity contribution is -0.396. The molecule has 49 heavy (non-hydrogen) atoms. The first-order valence-corrected chi connectivity index (χ1v) is 16.4. The zero-order valence-electron chi connectivity index (χ0n) is 26.4. The molecule has 0 spiro atoms. The summed E-state index contributed by atoms with van der Waals surface area (Å²) in [6.07, 6.45) is -0.748. The van der Waals surface area contributed by atoms with Crippen molar-refractivity contribution in [3.8, 4) is 11.5 Å². The van der Waals surface area contributed by atoms with Gasteiger partial charge in [-0.3, -0.25) is 4.79 Å². The SMILES string of the molecule is CCCCCCCCCCOc1ccc2c(ccc(=O)n2OC(=O)c2ccc(OCCCC(F)(F)C(F)(F)C(F)(F)C(F)(F)F)cc2)c1Br. The Morgan fingerprint density at radius 1 is 0.714 bits per heavy atom. The summed E-state index contributed by atoms with van der Waals surface area (Å²) in [7, 11) is 0. The summed E-state index contributed by atoms with van der Waals surface area (Å²) in [5.41, 5.74) is -0.487. The van der Waals surface area contributed by atoms with Crippen LogP contribution in [-0.4, -0.2) is 47.9 Å². The van der Waals surface area contributed by atoms with Gasteiger partial charge < -0.3 is 14.3 Å². The Hall–Kier alpha value is -3.43. The van der Waals surface area contributed by atoms with Crippen molar-refractivity contribution in [2.45, 2.75) is 95.1 Å². The van der Waals surface area contributed by atoms with Crippen molar-refractivity contribution in [1.29, 1.82) is 0 Å². The van der Waals surface area contributed by atoms with E-state index in [1.54, 1.807) is 18.2 Å². The van der Waals surface area contributed by atoms with E-state index in [0.29, 0.717) is 22.2 Å². The number of hydrogen-bond donors (Lipinski definition) is 0. The minimum Gasteiger partial charge on any atom is -0.494 e. The maximum absolute atomic E-state index is 13.7. The molecule has 3 aromatic rings. The predicted octanol–water partition coefficient (Wildman–Crippen LogP) is 10.2. The van der Waals surface area contributed by atoms with Crippen LogP contribution in [0.25, 0.3) is 10.9 Å². The van der Waals surface area contributed by atoms with Crippen molar-refractivity contribution in [1.82, 2.24) is 4.73 Å². The molecule has 0 aliphatic heterocycles. The van der Waals surface area contributed by atoms with Crippen molar-refractivity contribution in [2.75, 3.05) is 13.2 Å². The fourth-order valence-electron chi connectivity index (χ4n) is 4.73. The summed E-state index contributed by atoms with van der Waals surface area (Å²) in [6.45, 7) is 1.92. The molecule has 0 atom stereocenters. The number of alkyl halides is 9. The Labute approximate surface area is 284 Å². The van der Waals surface area contributed by atoms with Crippen LogP contribution >= 0.6 is 15.9 Å². The van der Waals surface area contributed by atoms with Crippen molar-refractivity contribution in [3.05, 3.63) is 68.9 Å². The van der Waals surface area contributed by atoms with Crippen molar-refractivity contribution < 1.29 is 58.6 Å². The number of carbonyl (C=O) groups excluding carboxylic acids is 1. The van der Waals surface area contributed by atoms with Crippen LogP contribution in [0.5, 0.6) is 11.5 Å². The number of carbonyl (C=O) groups is 1. The lowest BCUT2D eigenvalue weighted by Gasteiger charge is -2.33. The van der Waals surface area contributed by atoms with Crippen LogP contribution in [0.1, 0.15) is 81.5 Å². The first-order valence-electron chi connectivity index (χ1n) is 15.6. The molecule has 0 unspecified atom stereocenters. The van der Waals surface area contributed by atoms with Crippen LogP contribution in [0.2, 0.25) is 0 Å². The van der Waals surface area contributed by atoms with Gasteiger partial charge in [0.1, 0.15) is 11.5 Å². The highest BCUT2D eigenvalue weighted by Crippen LogP contribution is 2.54. The van der Waals surface area contributed by atoms with E-state index >= 15 is 0 Å². The first kappa shape index (κ1) is 40.0. The summed E-state index contributed by atoms with van der Waals surface area (Å²) in [5.74, 6) is -19.8. The topological polar surface area (TPSA) is 66.8 Å². The molecule has 0 aliphatic carbocycles. The summed E-state index contributed by atoms with van der Waals surface area (Å²) in [5, 5.41) is 0.523. The molecule has 6 nitrogen and oxygen atoms in total. The average molecular weight is 777 g/mol. The summed E-state index contributed by atoms with van der Waals surface area (Å²) < 4.78 is 129. The molecule has 272 valence electrons. The number of unbranched alkanes of at least 4 members (excludes halogenated alkanes) is 7. The molecule has 0 amide bonds. The van der Waals surface area contributed by atoms with Gasteiger partial charge in [-0.05, 0) is 71.2 Å². The zero-order valence-corrected chi connectivity index (χ0v) is 28.0. The molecule has 0 aliphatic rings. The standard InChI is InChI=1S/C33H35BrF9NO5/c1-2-3-4-5-6-7-8-9-20-48-26-17-16-25-24(28(26)34)15-18-27(45)44(25)49-29(46)22-11-13-23(14-12-22)47-21-10-19-30(35,36)31(37,38)32(39,40)33(41,42)43/h11-18H,2-10,19-21H2,1H3. The number of ether oxygens (including phenoxy) is 2. The second kappa shape index (κ2) is 17.0. The number of benzene rings is 2. The quantitative estimate of drug-likeness (QED) is 0.0896. The van der Waals surface area contributed by atoms with Gasteiger partial charge in [-0.25, -0.2) is 4.79 Å².